The highest BCUT2D eigenvalue weighted by molar-refractivity contribution is 8.00. The summed E-state index contributed by atoms with van der Waals surface area (Å²) in [6.07, 6.45) is -1.40. The van der Waals surface area contributed by atoms with Crippen molar-refractivity contribution in [3.63, 3.8) is 0 Å². The van der Waals surface area contributed by atoms with Gasteiger partial charge in [-0.3, -0.25) is 14.5 Å². The van der Waals surface area contributed by atoms with Gasteiger partial charge in [-0.2, -0.15) is 21.6 Å². The van der Waals surface area contributed by atoms with Gasteiger partial charge in [0, 0.05) is 0 Å². The smallest absolute Gasteiger partial charge is 0.448 e. The minimum atomic E-state index is -6.33. The Kier molecular flexibility index (Phi) is 8.51. The van der Waals surface area contributed by atoms with E-state index in [0.29, 0.717) is 16.7 Å². The number of ether oxygens (including phenoxy) is 1. The average Bonchev–Trinajstić information content (AvgIpc) is 2.97. The first-order valence-corrected chi connectivity index (χ1v) is 15.2. The number of halogens is 3. The molecule has 2 atom stereocenters. The fraction of sp³-hybridized carbons (Fsp3) is 0.207. The van der Waals surface area contributed by atoms with Crippen LogP contribution in [0.3, 0.4) is 0 Å². The molecule has 0 aliphatic carbocycles. The van der Waals surface area contributed by atoms with Crippen molar-refractivity contribution in [2.45, 2.75) is 35.2 Å². The molecule has 14 heteroatoms. The van der Waals surface area contributed by atoms with Gasteiger partial charge in [-0.15, -0.1) is 11.8 Å². The van der Waals surface area contributed by atoms with Crippen LogP contribution in [0.4, 0.5) is 13.2 Å². The number of carbonyl (C=O) groups excluding carboxylic acids is 3. The van der Waals surface area contributed by atoms with Crippen molar-refractivity contribution in [1.29, 1.82) is 0 Å². The number of nitrogens with one attached hydrogen (secondary N) is 1. The number of nitrogens with zero attached hydrogens (tertiary/aromatic N) is 1. The zero-order valence-electron chi connectivity index (χ0n) is 22.1. The Morgan fingerprint density at radius 3 is 1.98 bits per heavy atom. The molecule has 2 unspecified atom stereocenters. The third-order valence-electron chi connectivity index (χ3n) is 6.52. The number of amides is 2. The Labute approximate surface area is 248 Å². The molecule has 2 aliphatic rings. The van der Waals surface area contributed by atoms with E-state index in [4.69, 9.17) is 4.74 Å². The summed E-state index contributed by atoms with van der Waals surface area (Å²) in [4.78, 5) is 40.2. The van der Waals surface area contributed by atoms with Crippen molar-refractivity contribution in [1.82, 2.24) is 10.2 Å². The number of rotatable bonds is 9. The molecule has 2 heterocycles. The van der Waals surface area contributed by atoms with E-state index in [2.05, 4.69) is 9.50 Å². The Morgan fingerprint density at radius 2 is 1.47 bits per heavy atom. The molecule has 9 nitrogen and oxygen atoms in total. The zero-order chi connectivity index (χ0) is 30.8. The molecule has 0 spiro atoms. The van der Waals surface area contributed by atoms with Crippen molar-refractivity contribution >= 4 is 39.7 Å². The van der Waals surface area contributed by atoms with Gasteiger partial charge < -0.3 is 14.2 Å². The maximum absolute atomic E-state index is 13.8. The predicted molar refractivity (Wildman–Crippen MR) is 149 cm³/mol. The molecule has 0 bridgehead atoms. The van der Waals surface area contributed by atoms with Crippen LogP contribution in [0.25, 0.3) is 0 Å². The Hall–Kier alpha value is -4.30. The van der Waals surface area contributed by atoms with Crippen LogP contribution in [0, 0.1) is 0 Å². The van der Waals surface area contributed by atoms with Gasteiger partial charge >= 0.3 is 21.6 Å². The molecule has 0 radical (unpaired) electrons. The molecule has 1 fully saturated rings. The summed E-state index contributed by atoms with van der Waals surface area (Å²) in [6.45, 7) is 0. The number of esters is 1. The lowest BCUT2D eigenvalue weighted by Gasteiger charge is -2.46. The second-order valence-corrected chi connectivity index (χ2v) is 12.3. The lowest BCUT2D eigenvalue weighted by atomic mass is 10.0. The van der Waals surface area contributed by atoms with Crippen LogP contribution >= 0.6 is 11.8 Å². The van der Waals surface area contributed by atoms with Crippen LogP contribution in [-0.2, 0) is 39.8 Å². The molecule has 1 saturated heterocycles. The highest BCUT2D eigenvalue weighted by Crippen LogP contribution is 2.45. The van der Waals surface area contributed by atoms with Crippen LogP contribution in [-0.4, -0.2) is 47.4 Å². The summed E-state index contributed by atoms with van der Waals surface area (Å²) in [5.74, 6) is -3.75. The fourth-order valence-electron chi connectivity index (χ4n) is 4.50. The number of carbonyl (C=O) groups is 3. The van der Waals surface area contributed by atoms with Crippen LogP contribution in [0.1, 0.15) is 29.2 Å². The number of fused-ring (bicyclic) bond motifs is 1. The molecule has 3 aromatic carbocycles. The van der Waals surface area contributed by atoms with E-state index in [9.17, 15) is 36.0 Å². The van der Waals surface area contributed by atoms with E-state index < -0.39 is 61.7 Å². The van der Waals surface area contributed by atoms with Crippen molar-refractivity contribution in [3.8, 4) is 0 Å². The first-order valence-electron chi connectivity index (χ1n) is 12.8. The molecule has 2 amide bonds. The van der Waals surface area contributed by atoms with Crippen molar-refractivity contribution < 1.29 is 44.9 Å². The van der Waals surface area contributed by atoms with E-state index >= 15 is 0 Å². The highest BCUT2D eigenvalue weighted by Gasteiger charge is 2.55. The third-order valence-corrected chi connectivity index (χ3v) is 8.78. The molecular weight excluding hydrogens is 609 g/mol. The molecule has 5 rings (SSSR count). The number of benzene rings is 3. The first-order chi connectivity index (χ1) is 20.4. The zero-order valence-corrected chi connectivity index (χ0v) is 23.7. The summed E-state index contributed by atoms with van der Waals surface area (Å²) in [5.41, 5.74) is -5.14. The van der Waals surface area contributed by atoms with Gasteiger partial charge in [0.2, 0.25) is 11.8 Å². The van der Waals surface area contributed by atoms with Gasteiger partial charge in [-0.1, -0.05) is 91.0 Å². The van der Waals surface area contributed by atoms with Gasteiger partial charge in [-0.05, 0) is 16.7 Å². The average molecular weight is 633 g/mol. The van der Waals surface area contributed by atoms with Crippen LogP contribution in [0.2, 0.25) is 0 Å². The first kappa shape index (κ1) is 30.2. The Bertz CT molecular complexity index is 1610. The van der Waals surface area contributed by atoms with E-state index in [0.717, 1.165) is 16.7 Å². The number of alkyl halides is 3. The monoisotopic (exact) mass is 632 g/mol. The normalized spacial score (nSPS) is 18.5. The van der Waals surface area contributed by atoms with E-state index in [1.165, 1.54) is 0 Å². The number of hydrogen-bond acceptors (Lipinski definition) is 8. The maximum Gasteiger partial charge on any atom is 0.534 e. The quantitative estimate of drug-likeness (QED) is 0.160. The van der Waals surface area contributed by atoms with Gasteiger partial charge in [0.1, 0.15) is 5.37 Å². The standard InChI is InChI=1S/C29H23F3N2O7S2/c30-29(31,32)43(38,39)41-26-24(28(37)40-25(19-12-6-2-7-13-19)20-14-8-3-9-15-20)34-22(36)17-23(34)42-27(26)33-21(35)16-18-10-4-1-5-11-18/h1-15,23,25,27H,16-17H2,(H,33,35). The van der Waals surface area contributed by atoms with Crippen molar-refractivity contribution in [2.24, 2.45) is 0 Å². The van der Waals surface area contributed by atoms with Gasteiger partial charge in [-0.25, -0.2) is 4.79 Å². The summed E-state index contributed by atoms with van der Waals surface area (Å²) in [5, 5.41) is 0.0832. The molecule has 0 aromatic heterocycles. The lowest BCUT2D eigenvalue weighted by Crippen LogP contribution is -2.58. The lowest BCUT2D eigenvalue weighted by molar-refractivity contribution is -0.152. The maximum atomic E-state index is 13.8. The molecule has 1 N–H and O–H groups in total. The van der Waals surface area contributed by atoms with Gasteiger partial charge in [0.25, 0.3) is 0 Å². The van der Waals surface area contributed by atoms with E-state index in [1.54, 1.807) is 91.0 Å². The third kappa shape index (κ3) is 6.54. The molecule has 0 saturated carbocycles. The minimum absolute atomic E-state index is 0.118. The molecule has 224 valence electrons. The molecule has 2 aliphatic heterocycles. The van der Waals surface area contributed by atoms with E-state index in [1.807, 2.05) is 0 Å². The SMILES string of the molecule is O=C(Cc1ccccc1)NC1SC2CC(=O)N2C(C(=O)OC(c2ccccc2)c2ccccc2)=C1OS(=O)(=O)C(F)(F)F. The van der Waals surface area contributed by atoms with Crippen LogP contribution in [0.15, 0.2) is 102 Å². The highest BCUT2D eigenvalue weighted by atomic mass is 32.2. The van der Waals surface area contributed by atoms with Crippen molar-refractivity contribution in [3.05, 3.63) is 119 Å². The van der Waals surface area contributed by atoms with Crippen molar-refractivity contribution in [2.75, 3.05) is 0 Å². The topological polar surface area (TPSA) is 119 Å². The number of thioether (sulfide) groups is 1. The van der Waals surface area contributed by atoms with Crippen LogP contribution < -0.4 is 5.32 Å². The summed E-state index contributed by atoms with van der Waals surface area (Å²) in [6, 6.07) is 25.2. The summed E-state index contributed by atoms with van der Waals surface area (Å²) >= 11 is 0.767. The largest absolute Gasteiger partial charge is 0.534 e. The number of β-lactam (4-membered cyclic amide) rings is 1. The molecular formula is C29H23F3N2O7S2. The van der Waals surface area contributed by atoms with Gasteiger partial charge in [0.05, 0.1) is 18.2 Å². The van der Waals surface area contributed by atoms with Crippen LogP contribution in [0.5, 0.6) is 0 Å². The fourth-order valence-corrected chi connectivity index (χ4v) is 6.45. The number of hydrogen-bond donors (Lipinski definition) is 1. The Morgan fingerprint density at radius 1 is 0.930 bits per heavy atom. The van der Waals surface area contributed by atoms with E-state index in [-0.39, 0.29) is 12.8 Å². The molecule has 43 heavy (non-hydrogen) atoms. The Balaban J connectivity index is 1.56. The van der Waals surface area contributed by atoms with Gasteiger partial charge in [0.15, 0.2) is 17.6 Å². The predicted octanol–water partition coefficient (Wildman–Crippen LogP) is 4.39. The summed E-state index contributed by atoms with van der Waals surface area (Å²) < 4.78 is 75.2. The molecule has 3 aromatic rings. The second kappa shape index (κ2) is 12.1. The summed E-state index contributed by atoms with van der Waals surface area (Å²) in [7, 11) is -6.33. The minimum Gasteiger partial charge on any atom is -0.448 e. The second-order valence-electron chi connectivity index (χ2n) is 9.47.